The van der Waals surface area contributed by atoms with Crippen molar-refractivity contribution in [1.82, 2.24) is 0 Å². The Morgan fingerprint density at radius 3 is 2.43 bits per heavy atom. The van der Waals surface area contributed by atoms with Crippen LogP contribution < -0.4 is 4.90 Å². The first-order chi connectivity index (χ1) is 14.5. The third kappa shape index (κ3) is 4.48. The summed E-state index contributed by atoms with van der Waals surface area (Å²) in [7, 11) is 1.57. The van der Waals surface area contributed by atoms with Crippen LogP contribution in [-0.2, 0) is 19.1 Å². The number of carbonyl (C=O) groups excluding carboxylic acids is 2. The normalized spacial score (nSPS) is 21.2. The molecular weight excluding hydrogens is 380 g/mol. The SMILES string of the molecule is CCN(CC)c1ccc(C2C(C(=O)OCCOC)=C(C)N=C3CCCC(=O)C32)cc1. The Bertz CT molecular complexity index is 837. The molecule has 6 heteroatoms. The zero-order valence-corrected chi connectivity index (χ0v) is 18.4. The van der Waals surface area contributed by atoms with Crippen LogP contribution in [0.15, 0.2) is 40.5 Å². The molecule has 1 heterocycles. The Balaban J connectivity index is 2.01. The summed E-state index contributed by atoms with van der Waals surface area (Å²) < 4.78 is 10.4. The predicted molar refractivity (Wildman–Crippen MR) is 118 cm³/mol. The monoisotopic (exact) mass is 412 g/mol. The molecule has 1 aliphatic carbocycles. The molecule has 2 atom stereocenters. The summed E-state index contributed by atoms with van der Waals surface area (Å²) >= 11 is 0. The van der Waals surface area contributed by atoms with Gasteiger partial charge in [0.05, 0.1) is 18.1 Å². The molecule has 0 aromatic heterocycles. The minimum Gasteiger partial charge on any atom is -0.460 e. The van der Waals surface area contributed by atoms with Gasteiger partial charge in [0.2, 0.25) is 0 Å². The van der Waals surface area contributed by atoms with E-state index in [2.05, 4.69) is 35.9 Å². The molecule has 0 amide bonds. The van der Waals surface area contributed by atoms with E-state index in [1.54, 1.807) is 7.11 Å². The second-order valence-corrected chi connectivity index (χ2v) is 7.77. The average molecular weight is 413 g/mol. The van der Waals surface area contributed by atoms with E-state index in [9.17, 15) is 9.59 Å². The molecule has 0 bridgehead atoms. The fourth-order valence-corrected chi connectivity index (χ4v) is 4.52. The van der Waals surface area contributed by atoms with E-state index >= 15 is 0 Å². The number of ketones is 1. The van der Waals surface area contributed by atoms with E-state index in [0.29, 0.717) is 24.3 Å². The van der Waals surface area contributed by atoms with Crippen molar-refractivity contribution in [3.63, 3.8) is 0 Å². The number of esters is 1. The van der Waals surface area contributed by atoms with E-state index < -0.39 is 5.97 Å². The molecule has 3 rings (SSSR count). The minimum atomic E-state index is -0.413. The number of hydrogen-bond acceptors (Lipinski definition) is 6. The van der Waals surface area contributed by atoms with Gasteiger partial charge in [-0.25, -0.2) is 4.79 Å². The van der Waals surface area contributed by atoms with Crippen molar-refractivity contribution in [3.8, 4) is 0 Å². The number of allylic oxidation sites excluding steroid dienone is 1. The Morgan fingerprint density at radius 1 is 1.10 bits per heavy atom. The van der Waals surface area contributed by atoms with Crippen LogP contribution in [0, 0.1) is 5.92 Å². The molecule has 162 valence electrons. The molecule has 0 saturated heterocycles. The van der Waals surface area contributed by atoms with Crippen molar-refractivity contribution in [3.05, 3.63) is 41.1 Å². The van der Waals surface area contributed by atoms with Crippen LogP contribution in [0.25, 0.3) is 0 Å². The fraction of sp³-hybridized carbons (Fsp3) is 0.542. The van der Waals surface area contributed by atoms with Crippen molar-refractivity contribution in [1.29, 1.82) is 0 Å². The van der Waals surface area contributed by atoms with Crippen LogP contribution in [0.1, 0.15) is 51.5 Å². The predicted octanol–water partition coefficient (Wildman–Crippen LogP) is 3.90. The average Bonchev–Trinajstić information content (AvgIpc) is 2.74. The largest absolute Gasteiger partial charge is 0.460 e. The molecule has 1 fully saturated rings. The summed E-state index contributed by atoms with van der Waals surface area (Å²) in [5.74, 6) is -0.992. The van der Waals surface area contributed by atoms with Gasteiger partial charge in [-0.1, -0.05) is 12.1 Å². The van der Waals surface area contributed by atoms with Gasteiger partial charge in [-0.05, 0) is 51.3 Å². The number of anilines is 1. The summed E-state index contributed by atoms with van der Waals surface area (Å²) in [6, 6.07) is 8.23. The summed E-state index contributed by atoms with van der Waals surface area (Å²) in [6.45, 7) is 8.45. The number of Topliss-reactive ketones (excluding diaryl/α,β-unsaturated/α-hetero) is 1. The summed E-state index contributed by atoms with van der Waals surface area (Å²) in [5.41, 5.74) is 4.13. The van der Waals surface area contributed by atoms with Crippen LogP contribution in [-0.4, -0.2) is 50.9 Å². The fourth-order valence-electron chi connectivity index (χ4n) is 4.52. The van der Waals surface area contributed by atoms with Crippen molar-refractivity contribution < 1.29 is 19.1 Å². The zero-order valence-electron chi connectivity index (χ0n) is 18.4. The van der Waals surface area contributed by atoms with E-state index in [0.717, 1.165) is 42.9 Å². The van der Waals surface area contributed by atoms with Gasteiger partial charge >= 0.3 is 5.97 Å². The molecule has 2 unspecified atom stereocenters. The molecule has 0 spiro atoms. The molecule has 0 radical (unpaired) electrons. The molecule has 1 aromatic rings. The van der Waals surface area contributed by atoms with Crippen LogP contribution >= 0.6 is 0 Å². The first-order valence-electron chi connectivity index (χ1n) is 10.8. The summed E-state index contributed by atoms with van der Waals surface area (Å²) in [6.07, 6.45) is 2.15. The molecule has 0 N–H and O–H groups in total. The number of ether oxygens (including phenoxy) is 2. The van der Waals surface area contributed by atoms with Crippen molar-refractivity contribution in [2.45, 2.75) is 46.0 Å². The molecule has 2 aliphatic rings. The van der Waals surface area contributed by atoms with E-state index in [1.165, 1.54) is 0 Å². The molecule has 30 heavy (non-hydrogen) atoms. The first kappa shape index (κ1) is 22.2. The number of benzene rings is 1. The van der Waals surface area contributed by atoms with Gasteiger partial charge in [0.25, 0.3) is 0 Å². The highest BCUT2D eigenvalue weighted by atomic mass is 16.6. The molecule has 1 aliphatic heterocycles. The number of aliphatic imine (C=N–C) groups is 1. The molecule has 6 nitrogen and oxygen atoms in total. The van der Waals surface area contributed by atoms with Crippen molar-refractivity contribution >= 4 is 23.2 Å². The second kappa shape index (κ2) is 10.0. The Morgan fingerprint density at radius 2 is 1.80 bits per heavy atom. The smallest absolute Gasteiger partial charge is 0.336 e. The third-order valence-corrected chi connectivity index (χ3v) is 6.03. The lowest BCUT2D eigenvalue weighted by molar-refractivity contribution is -0.140. The number of methoxy groups -OCH3 is 1. The number of carbonyl (C=O) groups is 2. The van der Waals surface area contributed by atoms with Crippen molar-refractivity contribution in [2.75, 3.05) is 38.3 Å². The quantitative estimate of drug-likeness (QED) is 0.478. The second-order valence-electron chi connectivity index (χ2n) is 7.77. The highest BCUT2D eigenvalue weighted by Gasteiger charge is 2.43. The lowest BCUT2D eigenvalue weighted by Gasteiger charge is -2.35. The van der Waals surface area contributed by atoms with E-state index in [1.807, 2.05) is 19.1 Å². The lowest BCUT2D eigenvalue weighted by Crippen LogP contribution is -2.39. The maximum absolute atomic E-state index is 13.0. The van der Waals surface area contributed by atoms with Crippen molar-refractivity contribution in [2.24, 2.45) is 10.9 Å². The highest BCUT2D eigenvalue weighted by Crippen LogP contribution is 2.43. The third-order valence-electron chi connectivity index (χ3n) is 6.03. The number of rotatable bonds is 8. The van der Waals surface area contributed by atoms with E-state index in [4.69, 9.17) is 9.47 Å². The van der Waals surface area contributed by atoms with Crippen LogP contribution in [0.3, 0.4) is 0 Å². The van der Waals surface area contributed by atoms with Gasteiger partial charge in [0, 0.05) is 49.6 Å². The summed E-state index contributed by atoms with van der Waals surface area (Å²) in [4.78, 5) is 32.9. The lowest BCUT2D eigenvalue weighted by atomic mass is 9.69. The van der Waals surface area contributed by atoms with Crippen LogP contribution in [0.5, 0.6) is 0 Å². The number of hydrogen-bond donors (Lipinski definition) is 0. The number of fused-ring (bicyclic) bond motifs is 1. The van der Waals surface area contributed by atoms with Gasteiger partial charge < -0.3 is 14.4 Å². The Labute approximate surface area is 179 Å². The standard InChI is InChI=1S/C24H32N2O4/c1-5-26(6-2)18-12-10-17(11-13-18)22-21(24(28)30-15-14-29-4)16(3)25-19-8-7-9-20(27)23(19)22/h10-13,22-23H,5-9,14-15H2,1-4H3. The number of nitrogens with zero attached hydrogens (tertiary/aromatic N) is 2. The summed E-state index contributed by atoms with van der Waals surface area (Å²) in [5, 5.41) is 0. The highest BCUT2D eigenvalue weighted by molar-refractivity contribution is 6.11. The maximum Gasteiger partial charge on any atom is 0.336 e. The van der Waals surface area contributed by atoms with Gasteiger partial charge in [0.15, 0.2) is 0 Å². The molecular formula is C24H32N2O4. The van der Waals surface area contributed by atoms with Gasteiger partial charge in [-0.2, -0.15) is 0 Å². The Hall–Kier alpha value is -2.47. The minimum absolute atomic E-state index is 0.160. The zero-order chi connectivity index (χ0) is 21.7. The van der Waals surface area contributed by atoms with Gasteiger partial charge in [-0.15, -0.1) is 0 Å². The van der Waals surface area contributed by atoms with Crippen LogP contribution in [0.2, 0.25) is 0 Å². The topological polar surface area (TPSA) is 68.2 Å². The Kier molecular flexibility index (Phi) is 7.43. The van der Waals surface area contributed by atoms with Crippen LogP contribution in [0.4, 0.5) is 5.69 Å². The first-order valence-corrected chi connectivity index (χ1v) is 10.8. The molecule has 1 aromatic carbocycles. The van der Waals surface area contributed by atoms with E-state index in [-0.39, 0.29) is 24.2 Å². The van der Waals surface area contributed by atoms with Gasteiger partial charge in [0.1, 0.15) is 12.4 Å². The molecule has 1 saturated carbocycles. The maximum atomic E-state index is 13.0. The van der Waals surface area contributed by atoms with Gasteiger partial charge in [-0.3, -0.25) is 9.79 Å².